The molecule has 0 radical (unpaired) electrons. The maximum Gasteiger partial charge on any atom is 0.425 e. The third kappa shape index (κ3) is 9.85. The lowest BCUT2D eigenvalue weighted by Gasteiger charge is -2.30. The van der Waals surface area contributed by atoms with Crippen molar-refractivity contribution >= 4 is 34.0 Å². The standard InChI is InChI=1S/C24H38ClN3O6S/c1-23(2,3)33-21(29)27-15-7-9-20(27)10-8-16-28(22(30)34-24(4,5)6)35(31,32)26-17-18-11-13-19(25)14-12-18/h11-14,20,26H,7-10,15-17H2,1-6H3/t20-/m0/s1. The highest BCUT2D eigenvalue weighted by atomic mass is 35.5. The van der Waals surface area contributed by atoms with Crippen LogP contribution < -0.4 is 4.72 Å². The van der Waals surface area contributed by atoms with Crippen molar-refractivity contribution in [3.63, 3.8) is 0 Å². The fourth-order valence-corrected chi connectivity index (χ4v) is 4.88. The molecule has 1 aliphatic rings. The van der Waals surface area contributed by atoms with Gasteiger partial charge in [0.1, 0.15) is 11.2 Å². The van der Waals surface area contributed by atoms with Crippen LogP contribution in [0.15, 0.2) is 24.3 Å². The molecule has 1 aliphatic heterocycles. The van der Waals surface area contributed by atoms with Crippen molar-refractivity contribution in [2.24, 2.45) is 0 Å². The first-order valence-corrected chi connectivity index (χ1v) is 13.6. The van der Waals surface area contributed by atoms with E-state index >= 15 is 0 Å². The zero-order valence-electron chi connectivity index (χ0n) is 21.5. The highest BCUT2D eigenvalue weighted by Crippen LogP contribution is 2.24. The van der Waals surface area contributed by atoms with Crippen LogP contribution in [0, 0.1) is 0 Å². The summed E-state index contributed by atoms with van der Waals surface area (Å²) in [7, 11) is -4.18. The molecular formula is C24H38ClN3O6S. The number of carbonyl (C=O) groups is 2. The van der Waals surface area contributed by atoms with E-state index in [1.54, 1.807) is 49.9 Å². The van der Waals surface area contributed by atoms with Crippen LogP contribution in [0.2, 0.25) is 5.02 Å². The van der Waals surface area contributed by atoms with Gasteiger partial charge < -0.3 is 14.4 Å². The summed E-state index contributed by atoms with van der Waals surface area (Å²) in [6, 6.07) is 6.65. The molecule has 1 fully saturated rings. The van der Waals surface area contributed by atoms with Gasteiger partial charge in [0.25, 0.3) is 0 Å². The van der Waals surface area contributed by atoms with Gasteiger partial charge in [-0.25, -0.2) is 9.59 Å². The van der Waals surface area contributed by atoms with E-state index in [1.165, 1.54) is 0 Å². The Kier molecular flexibility index (Phi) is 9.84. The van der Waals surface area contributed by atoms with Crippen LogP contribution in [-0.2, 0) is 26.2 Å². The van der Waals surface area contributed by atoms with Crippen LogP contribution in [0.4, 0.5) is 9.59 Å². The molecule has 0 aromatic heterocycles. The highest BCUT2D eigenvalue weighted by Gasteiger charge is 2.34. The number of ether oxygens (including phenoxy) is 2. The number of likely N-dealkylation sites (tertiary alicyclic amines) is 1. The summed E-state index contributed by atoms with van der Waals surface area (Å²) in [4.78, 5) is 27.0. The van der Waals surface area contributed by atoms with E-state index in [-0.39, 0.29) is 25.2 Å². The van der Waals surface area contributed by atoms with Crippen molar-refractivity contribution in [1.82, 2.24) is 13.9 Å². The van der Waals surface area contributed by atoms with E-state index in [4.69, 9.17) is 21.1 Å². The summed E-state index contributed by atoms with van der Waals surface area (Å²) < 4.78 is 40.2. The topological polar surface area (TPSA) is 105 Å². The normalized spacial score (nSPS) is 16.8. The molecule has 0 spiro atoms. The molecule has 0 saturated carbocycles. The summed E-state index contributed by atoms with van der Waals surface area (Å²) in [6.07, 6.45) is 1.22. The van der Waals surface area contributed by atoms with Gasteiger partial charge in [0.15, 0.2) is 0 Å². The minimum Gasteiger partial charge on any atom is -0.444 e. The second kappa shape index (κ2) is 11.8. The number of nitrogens with zero attached hydrogens (tertiary/aromatic N) is 2. The number of rotatable bonds is 8. The van der Waals surface area contributed by atoms with E-state index in [0.29, 0.717) is 30.0 Å². The Hall–Kier alpha value is -2.04. The maximum absolute atomic E-state index is 13.1. The molecule has 1 aromatic carbocycles. The summed E-state index contributed by atoms with van der Waals surface area (Å²) in [5.41, 5.74) is -0.761. The third-order valence-corrected chi connectivity index (χ3v) is 6.84. The molecular weight excluding hydrogens is 494 g/mol. The van der Waals surface area contributed by atoms with Crippen LogP contribution in [0.1, 0.15) is 72.8 Å². The summed E-state index contributed by atoms with van der Waals surface area (Å²) in [6.45, 7) is 11.0. The first kappa shape index (κ1) is 29.2. The maximum atomic E-state index is 13.1. The van der Waals surface area contributed by atoms with E-state index in [1.807, 2.05) is 20.8 Å². The smallest absolute Gasteiger partial charge is 0.425 e. The lowest BCUT2D eigenvalue weighted by atomic mass is 10.1. The molecule has 35 heavy (non-hydrogen) atoms. The number of amides is 2. The van der Waals surface area contributed by atoms with Crippen molar-refractivity contribution in [1.29, 1.82) is 0 Å². The molecule has 11 heteroatoms. The van der Waals surface area contributed by atoms with Crippen LogP contribution in [0.25, 0.3) is 0 Å². The van der Waals surface area contributed by atoms with Gasteiger partial charge in [-0.15, -0.1) is 0 Å². The van der Waals surface area contributed by atoms with Crippen molar-refractivity contribution in [2.45, 2.75) is 91.0 Å². The van der Waals surface area contributed by atoms with Crippen LogP contribution >= 0.6 is 11.6 Å². The van der Waals surface area contributed by atoms with Gasteiger partial charge in [0.2, 0.25) is 0 Å². The number of benzene rings is 1. The second-order valence-corrected chi connectivity index (χ2v) is 12.7. The molecule has 1 saturated heterocycles. The molecule has 9 nitrogen and oxygen atoms in total. The Morgan fingerprint density at radius 1 is 1.09 bits per heavy atom. The molecule has 1 heterocycles. The molecule has 1 N–H and O–H groups in total. The van der Waals surface area contributed by atoms with Gasteiger partial charge in [0, 0.05) is 30.7 Å². The lowest BCUT2D eigenvalue weighted by Crippen LogP contribution is -2.47. The Morgan fingerprint density at radius 2 is 1.69 bits per heavy atom. The molecule has 2 amide bonds. The Bertz CT molecular complexity index is 970. The second-order valence-electron chi connectivity index (χ2n) is 10.6. The first-order valence-electron chi connectivity index (χ1n) is 11.8. The third-order valence-electron chi connectivity index (χ3n) is 5.16. The minimum atomic E-state index is -4.18. The number of hydrogen-bond acceptors (Lipinski definition) is 6. The van der Waals surface area contributed by atoms with Crippen LogP contribution in [0.3, 0.4) is 0 Å². The number of halogens is 1. The molecule has 0 bridgehead atoms. The van der Waals surface area contributed by atoms with E-state index in [0.717, 1.165) is 17.1 Å². The molecule has 0 aliphatic carbocycles. The van der Waals surface area contributed by atoms with Crippen molar-refractivity contribution < 1.29 is 27.5 Å². The number of nitrogens with one attached hydrogen (secondary N) is 1. The average molecular weight is 532 g/mol. The van der Waals surface area contributed by atoms with Gasteiger partial charge >= 0.3 is 22.4 Å². The van der Waals surface area contributed by atoms with Gasteiger partial charge in [0.05, 0.1) is 0 Å². The Labute approximate surface area is 214 Å². The van der Waals surface area contributed by atoms with Gasteiger partial charge in [-0.05, 0) is 84.9 Å². The van der Waals surface area contributed by atoms with Crippen LogP contribution in [-0.4, -0.2) is 60.1 Å². The number of hydrogen-bond donors (Lipinski definition) is 1. The minimum absolute atomic E-state index is 0.00610. The molecule has 2 rings (SSSR count). The van der Waals surface area contributed by atoms with E-state index in [9.17, 15) is 18.0 Å². The van der Waals surface area contributed by atoms with Crippen molar-refractivity contribution in [3.8, 4) is 0 Å². The van der Waals surface area contributed by atoms with Gasteiger partial charge in [-0.1, -0.05) is 23.7 Å². The van der Waals surface area contributed by atoms with Gasteiger partial charge in [-0.3, -0.25) is 0 Å². The summed E-state index contributed by atoms with van der Waals surface area (Å²) >= 11 is 5.89. The van der Waals surface area contributed by atoms with E-state index < -0.39 is 27.5 Å². The monoisotopic (exact) mass is 531 g/mol. The molecule has 1 atom stereocenters. The van der Waals surface area contributed by atoms with Crippen LogP contribution in [0.5, 0.6) is 0 Å². The van der Waals surface area contributed by atoms with Gasteiger partial charge in [-0.2, -0.15) is 17.4 Å². The quantitative estimate of drug-likeness (QED) is 0.501. The first-order chi connectivity index (χ1) is 16.1. The molecule has 198 valence electrons. The molecule has 0 unspecified atom stereocenters. The zero-order valence-corrected chi connectivity index (χ0v) is 23.0. The Balaban J connectivity index is 2.06. The zero-order chi connectivity index (χ0) is 26.4. The Morgan fingerprint density at radius 3 is 2.26 bits per heavy atom. The summed E-state index contributed by atoms with van der Waals surface area (Å²) in [5, 5.41) is 0.541. The average Bonchev–Trinajstić information content (AvgIpc) is 3.17. The highest BCUT2D eigenvalue weighted by molar-refractivity contribution is 7.87. The van der Waals surface area contributed by atoms with Crippen molar-refractivity contribution in [2.75, 3.05) is 13.1 Å². The fourth-order valence-electron chi connectivity index (χ4n) is 3.64. The predicted molar refractivity (Wildman–Crippen MR) is 135 cm³/mol. The summed E-state index contributed by atoms with van der Waals surface area (Å²) in [5.74, 6) is 0. The van der Waals surface area contributed by atoms with E-state index in [2.05, 4.69) is 4.72 Å². The SMILES string of the molecule is CC(C)(C)OC(=O)N1CCC[C@H]1CCCN(C(=O)OC(C)(C)C)S(=O)(=O)NCc1ccc(Cl)cc1. The molecule has 1 aromatic rings. The van der Waals surface area contributed by atoms with Crippen molar-refractivity contribution in [3.05, 3.63) is 34.9 Å². The lowest BCUT2D eigenvalue weighted by molar-refractivity contribution is 0.0211. The number of carbonyl (C=O) groups excluding carboxylic acids is 2. The fraction of sp³-hybridized carbons (Fsp3) is 0.667. The largest absolute Gasteiger partial charge is 0.444 e. The predicted octanol–water partition coefficient (Wildman–Crippen LogP) is 5.09.